The fourth-order valence-corrected chi connectivity index (χ4v) is 5.15. The average molecular weight is 554 g/mol. The van der Waals surface area contributed by atoms with E-state index in [1.165, 1.54) is 0 Å². The minimum atomic E-state index is -0.167. The Balaban J connectivity index is 1.77. The molecule has 3 heterocycles. The molecule has 1 atom stereocenters. The maximum Gasteiger partial charge on any atom is 0.263 e. The summed E-state index contributed by atoms with van der Waals surface area (Å²) in [5.74, 6) is 1.87. The number of aryl methyl sites for hydroxylation is 1. The van der Waals surface area contributed by atoms with E-state index in [0.29, 0.717) is 29.2 Å². The lowest BCUT2D eigenvalue weighted by atomic mass is 10.1. The van der Waals surface area contributed by atoms with Crippen molar-refractivity contribution in [3.8, 4) is 11.4 Å². The largest absolute Gasteiger partial charge is 0.495 e. The summed E-state index contributed by atoms with van der Waals surface area (Å²) in [6.07, 6.45) is -0.167. The average Bonchev–Trinajstić information content (AvgIpc) is 3.09. The number of nitrogens with one attached hydrogen (secondary N) is 1. The zero-order chi connectivity index (χ0) is 23.3. The van der Waals surface area contributed by atoms with Crippen LogP contribution in [0.2, 0.25) is 0 Å². The molecule has 0 bridgehead atoms. The highest BCUT2D eigenvalue weighted by Gasteiger charge is 2.26. The number of nitrogens with zero attached hydrogens (tertiary/aromatic N) is 4. The summed E-state index contributed by atoms with van der Waals surface area (Å²) in [6, 6.07) is 15.5. The number of para-hydroxylation sites is 2. The minimum Gasteiger partial charge on any atom is -0.495 e. The van der Waals surface area contributed by atoms with Crippen LogP contribution in [-0.4, -0.2) is 33.5 Å². The number of amidine groups is 1. The third-order valence-electron chi connectivity index (χ3n) is 5.81. The number of aliphatic imine (C=N–C) groups is 1. The highest BCUT2D eigenvalue weighted by Crippen LogP contribution is 2.29. The summed E-state index contributed by atoms with van der Waals surface area (Å²) in [7, 11) is 1.61. The number of rotatable bonds is 4. The summed E-state index contributed by atoms with van der Waals surface area (Å²) in [5, 5.41) is 9.64. The SMILES string of the molecule is COc1ccccc1-n1c(Cn2nc(I)c3c2NC(C)N=C3N)cc2cccc(C)c2c1=O. The van der Waals surface area contributed by atoms with Crippen molar-refractivity contribution in [3.63, 3.8) is 0 Å². The van der Waals surface area contributed by atoms with Crippen molar-refractivity contribution in [1.82, 2.24) is 14.3 Å². The first-order chi connectivity index (χ1) is 15.9. The van der Waals surface area contributed by atoms with Gasteiger partial charge in [0.25, 0.3) is 5.56 Å². The predicted molar refractivity (Wildman–Crippen MR) is 139 cm³/mol. The van der Waals surface area contributed by atoms with Crippen molar-refractivity contribution in [2.24, 2.45) is 10.7 Å². The van der Waals surface area contributed by atoms with Crippen LogP contribution < -0.4 is 21.3 Å². The molecule has 1 unspecified atom stereocenters. The quantitative estimate of drug-likeness (QED) is 0.376. The topological polar surface area (TPSA) is 99.5 Å². The summed E-state index contributed by atoms with van der Waals surface area (Å²) >= 11 is 2.16. The number of benzene rings is 2. The number of fused-ring (bicyclic) bond motifs is 2. The zero-order valence-corrected chi connectivity index (χ0v) is 20.6. The van der Waals surface area contributed by atoms with E-state index in [4.69, 9.17) is 15.6 Å². The van der Waals surface area contributed by atoms with Crippen LogP contribution in [0.3, 0.4) is 0 Å². The third-order valence-corrected chi connectivity index (χ3v) is 6.57. The van der Waals surface area contributed by atoms with E-state index in [-0.39, 0.29) is 11.7 Å². The van der Waals surface area contributed by atoms with Gasteiger partial charge >= 0.3 is 0 Å². The van der Waals surface area contributed by atoms with Gasteiger partial charge < -0.3 is 15.8 Å². The number of ether oxygens (including phenoxy) is 1. The van der Waals surface area contributed by atoms with E-state index < -0.39 is 0 Å². The van der Waals surface area contributed by atoms with Crippen molar-refractivity contribution < 1.29 is 4.74 Å². The second-order valence-electron chi connectivity index (χ2n) is 7.99. The molecule has 0 aliphatic carbocycles. The molecule has 168 valence electrons. The molecule has 8 nitrogen and oxygen atoms in total. The molecule has 2 aromatic carbocycles. The molecule has 3 N–H and O–H groups in total. The molecule has 4 aromatic rings. The fourth-order valence-electron chi connectivity index (χ4n) is 4.36. The Morgan fingerprint density at radius 1 is 1.21 bits per heavy atom. The molecule has 0 amide bonds. The summed E-state index contributed by atoms with van der Waals surface area (Å²) in [4.78, 5) is 18.3. The minimum absolute atomic E-state index is 0.0942. The Bertz CT molecular complexity index is 1490. The highest BCUT2D eigenvalue weighted by molar-refractivity contribution is 14.1. The standard InChI is InChI=1S/C24H23IN6O2/c1-13-7-6-8-15-11-16(12-30-23-20(21(25)29-30)22(26)27-14(2)28-23)31(24(32)19(13)15)17-9-4-5-10-18(17)33-3/h4-11,14,28H,12H2,1-3H3,(H2,26,27). The number of pyridine rings is 1. The molecule has 2 aromatic heterocycles. The Labute approximate surface area is 204 Å². The Kier molecular flexibility index (Phi) is 5.35. The lowest BCUT2D eigenvalue weighted by molar-refractivity contribution is 0.412. The monoisotopic (exact) mass is 554 g/mol. The van der Waals surface area contributed by atoms with Gasteiger partial charge in [-0.1, -0.05) is 30.3 Å². The van der Waals surface area contributed by atoms with Gasteiger partial charge in [-0.05, 0) is 65.6 Å². The van der Waals surface area contributed by atoms with E-state index in [0.717, 1.165) is 31.7 Å². The first-order valence-corrected chi connectivity index (χ1v) is 11.6. The molecule has 1 aliphatic rings. The second-order valence-corrected chi connectivity index (χ2v) is 9.02. The predicted octanol–water partition coefficient (Wildman–Crippen LogP) is 3.63. The van der Waals surface area contributed by atoms with Gasteiger partial charge in [0.2, 0.25) is 0 Å². The molecule has 5 rings (SSSR count). The Morgan fingerprint density at radius 2 is 2.00 bits per heavy atom. The van der Waals surface area contributed by atoms with Crippen molar-refractivity contribution in [1.29, 1.82) is 0 Å². The first kappa shape index (κ1) is 21.5. The molecule has 0 radical (unpaired) electrons. The van der Waals surface area contributed by atoms with Gasteiger partial charge in [-0.15, -0.1) is 0 Å². The molecule has 1 aliphatic heterocycles. The maximum absolute atomic E-state index is 13.8. The second kappa shape index (κ2) is 8.22. The van der Waals surface area contributed by atoms with Crippen LogP contribution in [0.15, 0.2) is 58.3 Å². The lowest BCUT2D eigenvalue weighted by Crippen LogP contribution is -2.30. The van der Waals surface area contributed by atoms with Gasteiger partial charge in [0.05, 0.1) is 30.3 Å². The van der Waals surface area contributed by atoms with Crippen LogP contribution in [0.25, 0.3) is 16.5 Å². The maximum atomic E-state index is 13.8. The molecular weight excluding hydrogens is 531 g/mol. The van der Waals surface area contributed by atoms with Gasteiger partial charge in [-0.25, -0.2) is 9.67 Å². The number of halogens is 1. The Hall–Kier alpha value is -3.34. The van der Waals surface area contributed by atoms with Crippen LogP contribution in [0.4, 0.5) is 5.82 Å². The molecule has 0 spiro atoms. The van der Waals surface area contributed by atoms with Gasteiger partial charge in [0.15, 0.2) is 0 Å². The number of methoxy groups -OCH3 is 1. The van der Waals surface area contributed by atoms with Gasteiger partial charge in [0, 0.05) is 5.69 Å². The highest BCUT2D eigenvalue weighted by atomic mass is 127. The fraction of sp³-hybridized carbons (Fsp3) is 0.208. The lowest BCUT2D eigenvalue weighted by Gasteiger charge is -2.21. The van der Waals surface area contributed by atoms with Crippen molar-refractivity contribution in [3.05, 3.63) is 79.4 Å². The van der Waals surface area contributed by atoms with Gasteiger partial charge in [0.1, 0.15) is 27.3 Å². The van der Waals surface area contributed by atoms with E-state index in [9.17, 15) is 4.79 Å². The molecule has 33 heavy (non-hydrogen) atoms. The van der Waals surface area contributed by atoms with E-state index in [1.807, 2.05) is 67.1 Å². The number of anilines is 1. The number of hydrogen-bond acceptors (Lipinski definition) is 6. The summed E-state index contributed by atoms with van der Waals surface area (Å²) in [5.41, 5.74) is 9.28. The number of nitrogens with two attached hydrogens (primary N) is 1. The van der Waals surface area contributed by atoms with E-state index in [1.54, 1.807) is 11.7 Å². The Morgan fingerprint density at radius 3 is 2.79 bits per heavy atom. The van der Waals surface area contributed by atoms with Gasteiger partial charge in [-0.2, -0.15) is 5.10 Å². The number of aromatic nitrogens is 3. The zero-order valence-electron chi connectivity index (χ0n) is 18.5. The smallest absolute Gasteiger partial charge is 0.263 e. The van der Waals surface area contributed by atoms with Crippen molar-refractivity contribution in [2.75, 3.05) is 12.4 Å². The molecular formula is C24H23IN6O2. The van der Waals surface area contributed by atoms with Crippen LogP contribution >= 0.6 is 22.6 Å². The van der Waals surface area contributed by atoms with Crippen LogP contribution in [0.1, 0.15) is 23.7 Å². The summed E-state index contributed by atoms with van der Waals surface area (Å²) < 4.78 is 9.92. The van der Waals surface area contributed by atoms with E-state index >= 15 is 0 Å². The summed E-state index contributed by atoms with van der Waals surface area (Å²) in [6.45, 7) is 4.24. The van der Waals surface area contributed by atoms with Gasteiger partial charge in [-0.3, -0.25) is 9.36 Å². The normalized spacial score (nSPS) is 15.2. The van der Waals surface area contributed by atoms with Crippen molar-refractivity contribution in [2.45, 2.75) is 26.6 Å². The van der Waals surface area contributed by atoms with Crippen molar-refractivity contribution >= 4 is 45.0 Å². The van der Waals surface area contributed by atoms with Crippen LogP contribution in [-0.2, 0) is 6.54 Å². The van der Waals surface area contributed by atoms with Crippen LogP contribution in [0, 0.1) is 10.6 Å². The molecule has 0 fully saturated rings. The first-order valence-electron chi connectivity index (χ1n) is 10.5. The van der Waals surface area contributed by atoms with Crippen LogP contribution in [0.5, 0.6) is 5.75 Å². The third kappa shape index (κ3) is 3.56. The molecule has 0 saturated heterocycles. The van der Waals surface area contributed by atoms with E-state index in [2.05, 4.69) is 32.9 Å². The molecule has 9 heteroatoms. The molecule has 0 saturated carbocycles. The number of hydrogen-bond donors (Lipinski definition) is 2.